The molecular weight excluding hydrogens is 308 g/mol. The largest absolute Gasteiger partial charge is 0.508 e. The van der Waals surface area contributed by atoms with Crippen LogP contribution >= 0.6 is 0 Å². The number of fused-ring (bicyclic) bond motifs is 1. The predicted octanol–water partition coefficient (Wildman–Crippen LogP) is 3.45. The number of hydrogen-bond acceptors (Lipinski definition) is 5. The average Bonchev–Trinajstić information content (AvgIpc) is 3.23. The number of benzene rings is 2. The van der Waals surface area contributed by atoms with Gasteiger partial charge in [-0.1, -0.05) is 13.0 Å². The number of nitrogens with zero attached hydrogens (tertiary/aromatic N) is 1. The molecule has 3 aromatic rings. The maximum atomic E-state index is 10.3. The van der Waals surface area contributed by atoms with Gasteiger partial charge in [-0.3, -0.25) is 5.10 Å². The van der Waals surface area contributed by atoms with Crippen LogP contribution in [0.2, 0.25) is 0 Å². The molecule has 0 fully saturated rings. The van der Waals surface area contributed by atoms with Crippen molar-refractivity contribution in [3.05, 3.63) is 42.1 Å². The third-order valence-corrected chi connectivity index (χ3v) is 4.16. The second-order valence-corrected chi connectivity index (χ2v) is 5.57. The normalized spacial score (nSPS) is 12.5. The van der Waals surface area contributed by atoms with Crippen LogP contribution in [0.5, 0.6) is 23.0 Å². The van der Waals surface area contributed by atoms with Gasteiger partial charge in [0.2, 0.25) is 6.79 Å². The first kappa shape index (κ1) is 14.4. The lowest BCUT2D eigenvalue weighted by molar-refractivity contribution is 0.174. The van der Waals surface area contributed by atoms with Gasteiger partial charge in [-0.25, -0.2) is 0 Å². The summed E-state index contributed by atoms with van der Waals surface area (Å²) in [5.41, 5.74) is 3.66. The minimum absolute atomic E-state index is 0.0150. The second-order valence-electron chi connectivity index (χ2n) is 5.57. The van der Waals surface area contributed by atoms with E-state index in [1.54, 1.807) is 12.3 Å². The van der Waals surface area contributed by atoms with Crippen molar-refractivity contribution in [3.8, 4) is 45.4 Å². The number of aromatic hydroxyl groups is 2. The van der Waals surface area contributed by atoms with Gasteiger partial charge in [0.1, 0.15) is 17.2 Å². The molecule has 1 aliphatic heterocycles. The number of hydrogen-bond donors (Lipinski definition) is 3. The van der Waals surface area contributed by atoms with E-state index in [9.17, 15) is 10.2 Å². The molecule has 2 heterocycles. The zero-order valence-electron chi connectivity index (χ0n) is 13.0. The molecule has 0 unspecified atom stereocenters. The summed E-state index contributed by atoms with van der Waals surface area (Å²) in [7, 11) is 0. The molecule has 0 saturated carbocycles. The molecule has 1 aliphatic rings. The van der Waals surface area contributed by atoms with Gasteiger partial charge in [-0.2, -0.15) is 5.10 Å². The molecule has 0 bridgehead atoms. The van der Waals surface area contributed by atoms with Crippen LogP contribution in [-0.2, 0) is 6.42 Å². The highest BCUT2D eigenvalue weighted by Crippen LogP contribution is 2.41. The lowest BCUT2D eigenvalue weighted by atomic mass is 9.98. The molecule has 6 nitrogen and oxygen atoms in total. The Kier molecular flexibility index (Phi) is 3.30. The molecule has 0 spiro atoms. The van der Waals surface area contributed by atoms with Crippen LogP contribution in [0.25, 0.3) is 22.4 Å². The van der Waals surface area contributed by atoms with Gasteiger partial charge in [-0.05, 0) is 35.7 Å². The van der Waals surface area contributed by atoms with Crippen LogP contribution in [0.15, 0.2) is 36.5 Å². The molecule has 122 valence electrons. The van der Waals surface area contributed by atoms with Crippen molar-refractivity contribution in [2.45, 2.75) is 13.3 Å². The van der Waals surface area contributed by atoms with E-state index in [4.69, 9.17) is 9.47 Å². The number of aryl methyl sites for hydroxylation is 1. The SMILES string of the molecule is CCc1cc(-c2n[nH]cc2-c2ccc3c(c2)OCO3)c(O)cc1O. The molecule has 6 heteroatoms. The van der Waals surface area contributed by atoms with Gasteiger partial charge in [-0.15, -0.1) is 0 Å². The fourth-order valence-corrected chi connectivity index (χ4v) is 2.87. The number of phenolic OH excluding ortho intramolecular Hbond substituents is 2. The molecular formula is C18H16N2O4. The summed E-state index contributed by atoms with van der Waals surface area (Å²) in [4.78, 5) is 0. The van der Waals surface area contributed by atoms with Gasteiger partial charge >= 0.3 is 0 Å². The Morgan fingerprint density at radius 3 is 2.71 bits per heavy atom. The lowest BCUT2D eigenvalue weighted by Crippen LogP contribution is -1.92. The Balaban J connectivity index is 1.84. The van der Waals surface area contributed by atoms with Crippen molar-refractivity contribution in [1.82, 2.24) is 10.2 Å². The second kappa shape index (κ2) is 5.49. The van der Waals surface area contributed by atoms with Crippen molar-refractivity contribution in [2.75, 3.05) is 6.79 Å². The summed E-state index contributed by atoms with van der Waals surface area (Å²) >= 11 is 0. The van der Waals surface area contributed by atoms with Crippen LogP contribution in [0.3, 0.4) is 0 Å². The van der Waals surface area contributed by atoms with Gasteiger partial charge in [0.05, 0.1) is 0 Å². The molecule has 1 aromatic heterocycles. The van der Waals surface area contributed by atoms with Gasteiger partial charge < -0.3 is 19.7 Å². The van der Waals surface area contributed by atoms with E-state index in [1.165, 1.54) is 6.07 Å². The van der Waals surface area contributed by atoms with E-state index in [1.807, 2.05) is 25.1 Å². The monoisotopic (exact) mass is 324 g/mol. The first-order valence-electron chi connectivity index (χ1n) is 7.66. The maximum Gasteiger partial charge on any atom is 0.231 e. The van der Waals surface area contributed by atoms with Crippen LogP contribution in [0.4, 0.5) is 0 Å². The number of nitrogens with one attached hydrogen (secondary N) is 1. The number of phenols is 2. The number of rotatable bonds is 3. The summed E-state index contributed by atoms with van der Waals surface area (Å²) in [6.45, 7) is 2.16. The van der Waals surface area contributed by atoms with Crippen molar-refractivity contribution < 1.29 is 19.7 Å². The fraction of sp³-hybridized carbons (Fsp3) is 0.167. The Morgan fingerprint density at radius 2 is 1.88 bits per heavy atom. The van der Waals surface area contributed by atoms with Crippen molar-refractivity contribution in [2.24, 2.45) is 0 Å². The zero-order chi connectivity index (χ0) is 16.7. The number of H-pyrrole nitrogens is 1. The minimum atomic E-state index is -0.0150. The van der Waals surface area contributed by atoms with Gasteiger partial charge in [0.25, 0.3) is 0 Å². The number of aromatic amines is 1. The molecule has 2 aromatic carbocycles. The summed E-state index contributed by atoms with van der Waals surface area (Å²) < 4.78 is 10.8. The van der Waals surface area contributed by atoms with Crippen molar-refractivity contribution in [3.63, 3.8) is 0 Å². The average molecular weight is 324 g/mol. The molecule has 3 N–H and O–H groups in total. The Bertz CT molecular complexity index is 917. The topological polar surface area (TPSA) is 87.6 Å². The van der Waals surface area contributed by atoms with Crippen LogP contribution in [0.1, 0.15) is 12.5 Å². The van der Waals surface area contributed by atoms with Crippen molar-refractivity contribution >= 4 is 0 Å². The number of ether oxygens (including phenoxy) is 2. The molecule has 24 heavy (non-hydrogen) atoms. The van der Waals surface area contributed by atoms with Gasteiger partial charge in [0.15, 0.2) is 11.5 Å². The van der Waals surface area contributed by atoms with Crippen molar-refractivity contribution in [1.29, 1.82) is 0 Å². The van der Waals surface area contributed by atoms with Crippen LogP contribution in [0, 0.1) is 0 Å². The Hall–Kier alpha value is -3.15. The summed E-state index contributed by atoms with van der Waals surface area (Å²) in [6.07, 6.45) is 2.42. The lowest BCUT2D eigenvalue weighted by Gasteiger charge is -2.09. The standard InChI is InChI=1S/C18H16N2O4/c1-2-10-5-12(15(22)7-14(10)21)18-13(8-19-20-18)11-3-4-16-17(6-11)24-9-23-16/h3-8,21-22H,2,9H2,1H3,(H,19,20). The summed E-state index contributed by atoms with van der Waals surface area (Å²) in [6, 6.07) is 8.77. The first-order chi connectivity index (χ1) is 11.7. The van der Waals surface area contributed by atoms with E-state index in [0.29, 0.717) is 29.2 Å². The Morgan fingerprint density at radius 1 is 1.04 bits per heavy atom. The third-order valence-electron chi connectivity index (χ3n) is 4.16. The minimum Gasteiger partial charge on any atom is -0.508 e. The van der Waals surface area contributed by atoms with E-state index in [0.717, 1.165) is 16.7 Å². The fourth-order valence-electron chi connectivity index (χ4n) is 2.87. The van der Waals surface area contributed by atoms with E-state index in [2.05, 4.69) is 10.2 Å². The highest BCUT2D eigenvalue weighted by atomic mass is 16.7. The summed E-state index contributed by atoms with van der Waals surface area (Å²) in [5.74, 6) is 1.46. The quantitative estimate of drug-likeness (QED) is 0.687. The van der Waals surface area contributed by atoms with E-state index >= 15 is 0 Å². The predicted molar refractivity (Wildman–Crippen MR) is 88.3 cm³/mol. The smallest absolute Gasteiger partial charge is 0.231 e. The first-order valence-corrected chi connectivity index (χ1v) is 7.66. The third kappa shape index (κ3) is 2.23. The van der Waals surface area contributed by atoms with Crippen LogP contribution < -0.4 is 9.47 Å². The zero-order valence-corrected chi connectivity index (χ0v) is 13.0. The molecule has 0 atom stereocenters. The molecule has 0 saturated heterocycles. The molecule has 4 rings (SSSR count). The highest BCUT2D eigenvalue weighted by Gasteiger charge is 2.19. The van der Waals surface area contributed by atoms with E-state index < -0.39 is 0 Å². The summed E-state index contributed by atoms with van der Waals surface area (Å²) in [5, 5.41) is 27.3. The maximum absolute atomic E-state index is 10.3. The highest BCUT2D eigenvalue weighted by molar-refractivity contribution is 5.84. The molecule has 0 amide bonds. The Labute approximate surface area is 138 Å². The number of aromatic nitrogens is 2. The van der Waals surface area contributed by atoms with E-state index in [-0.39, 0.29) is 18.3 Å². The van der Waals surface area contributed by atoms with Gasteiger partial charge in [0, 0.05) is 23.4 Å². The molecule has 0 radical (unpaired) electrons. The molecule has 0 aliphatic carbocycles. The van der Waals surface area contributed by atoms with Crippen LogP contribution in [-0.4, -0.2) is 27.2 Å².